The molecule has 3 rings (SSSR count). The van der Waals surface area contributed by atoms with Crippen molar-refractivity contribution in [1.29, 1.82) is 0 Å². The molecule has 1 saturated heterocycles. The zero-order valence-corrected chi connectivity index (χ0v) is 19.9. The number of amides is 3. The highest BCUT2D eigenvalue weighted by atomic mass is 16.2. The molecule has 32 heavy (non-hydrogen) atoms. The molecule has 2 aliphatic carbocycles. The SMILES string of the molecule is C=CCNC(=O)C(=O)C(CC1CC1)NC(=O)C1C2C(CN1C(=O)C(N)C(C)(C)C)C2(C)C. The van der Waals surface area contributed by atoms with E-state index >= 15 is 0 Å². The number of nitrogens with one attached hydrogen (secondary N) is 2. The van der Waals surface area contributed by atoms with Gasteiger partial charge >= 0.3 is 0 Å². The first-order valence-corrected chi connectivity index (χ1v) is 11.6. The molecule has 3 fully saturated rings. The van der Waals surface area contributed by atoms with Gasteiger partial charge < -0.3 is 21.3 Å². The van der Waals surface area contributed by atoms with E-state index in [-0.39, 0.29) is 35.6 Å². The average Bonchev–Trinajstić information content (AvgIpc) is 3.56. The van der Waals surface area contributed by atoms with Crippen LogP contribution < -0.4 is 16.4 Å². The Morgan fingerprint density at radius 2 is 1.84 bits per heavy atom. The van der Waals surface area contributed by atoms with Gasteiger partial charge in [0.05, 0.1) is 12.1 Å². The Bertz CT molecular complexity index is 811. The predicted molar refractivity (Wildman–Crippen MR) is 121 cm³/mol. The van der Waals surface area contributed by atoms with Crippen molar-refractivity contribution in [1.82, 2.24) is 15.5 Å². The van der Waals surface area contributed by atoms with Crippen LogP contribution in [0.25, 0.3) is 0 Å². The number of carbonyl (C=O) groups excluding carboxylic acids is 4. The zero-order valence-electron chi connectivity index (χ0n) is 19.9. The Morgan fingerprint density at radius 3 is 2.38 bits per heavy atom. The summed E-state index contributed by atoms with van der Waals surface area (Å²) in [6.45, 7) is 14.1. The van der Waals surface area contributed by atoms with Crippen molar-refractivity contribution in [3.8, 4) is 0 Å². The van der Waals surface area contributed by atoms with Crippen LogP contribution in [-0.2, 0) is 19.2 Å². The molecule has 5 atom stereocenters. The fourth-order valence-electron chi connectivity index (χ4n) is 4.95. The van der Waals surface area contributed by atoms with Crippen LogP contribution in [0.2, 0.25) is 0 Å². The molecule has 178 valence electrons. The first-order chi connectivity index (χ1) is 14.8. The van der Waals surface area contributed by atoms with Gasteiger partial charge in [-0.05, 0) is 35.0 Å². The van der Waals surface area contributed by atoms with E-state index in [1.807, 2.05) is 20.8 Å². The van der Waals surface area contributed by atoms with E-state index in [4.69, 9.17) is 5.73 Å². The lowest BCUT2D eigenvalue weighted by Gasteiger charge is -2.36. The van der Waals surface area contributed by atoms with Crippen molar-refractivity contribution < 1.29 is 19.2 Å². The number of nitrogens with two attached hydrogens (primary N) is 1. The van der Waals surface area contributed by atoms with Crippen LogP contribution in [0.4, 0.5) is 0 Å². The van der Waals surface area contributed by atoms with Crippen molar-refractivity contribution in [3.63, 3.8) is 0 Å². The molecule has 4 N–H and O–H groups in total. The topological polar surface area (TPSA) is 122 Å². The summed E-state index contributed by atoms with van der Waals surface area (Å²) in [7, 11) is 0. The molecule has 0 bridgehead atoms. The summed E-state index contributed by atoms with van der Waals surface area (Å²) in [5, 5.41) is 5.33. The third-order valence-corrected chi connectivity index (χ3v) is 7.49. The van der Waals surface area contributed by atoms with E-state index in [9.17, 15) is 19.2 Å². The normalized spacial score (nSPS) is 27.7. The number of Topliss-reactive ketones (excluding diaryl/α,β-unsaturated/α-hetero) is 1. The number of carbonyl (C=O) groups is 4. The third-order valence-electron chi connectivity index (χ3n) is 7.49. The van der Waals surface area contributed by atoms with E-state index < -0.39 is 35.2 Å². The summed E-state index contributed by atoms with van der Waals surface area (Å²) < 4.78 is 0. The van der Waals surface area contributed by atoms with E-state index in [0.717, 1.165) is 12.8 Å². The maximum atomic E-state index is 13.5. The Kier molecular flexibility index (Phi) is 6.57. The Balaban J connectivity index is 1.78. The minimum absolute atomic E-state index is 0.0184. The van der Waals surface area contributed by atoms with Crippen LogP contribution in [-0.4, -0.2) is 59.6 Å². The first kappa shape index (κ1) is 24.4. The number of ketones is 1. The maximum Gasteiger partial charge on any atom is 0.289 e. The monoisotopic (exact) mass is 446 g/mol. The van der Waals surface area contributed by atoms with Crippen LogP contribution in [0.5, 0.6) is 0 Å². The number of likely N-dealkylation sites (tertiary alicyclic amines) is 1. The number of nitrogens with zero attached hydrogens (tertiary/aromatic N) is 1. The summed E-state index contributed by atoms with van der Waals surface area (Å²) >= 11 is 0. The van der Waals surface area contributed by atoms with E-state index in [2.05, 4.69) is 31.1 Å². The van der Waals surface area contributed by atoms with Gasteiger partial charge in [0.1, 0.15) is 6.04 Å². The fourth-order valence-corrected chi connectivity index (χ4v) is 4.95. The lowest BCUT2D eigenvalue weighted by atomic mass is 9.86. The molecule has 8 nitrogen and oxygen atoms in total. The molecule has 0 aromatic rings. The van der Waals surface area contributed by atoms with Crippen LogP contribution in [0.15, 0.2) is 12.7 Å². The molecular formula is C24H38N4O4. The molecule has 0 aromatic carbocycles. The Hall–Kier alpha value is -2.22. The lowest BCUT2D eigenvalue weighted by Crippen LogP contribution is -2.59. The van der Waals surface area contributed by atoms with E-state index in [1.54, 1.807) is 4.90 Å². The van der Waals surface area contributed by atoms with E-state index in [0.29, 0.717) is 18.9 Å². The first-order valence-electron chi connectivity index (χ1n) is 11.6. The average molecular weight is 447 g/mol. The molecule has 2 saturated carbocycles. The van der Waals surface area contributed by atoms with Gasteiger partial charge in [0.2, 0.25) is 17.6 Å². The summed E-state index contributed by atoms with van der Waals surface area (Å²) in [6.07, 6.45) is 3.90. The fraction of sp³-hybridized carbons (Fsp3) is 0.750. The summed E-state index contributed by atoms with van der Waals surface area (Å²) in [5.74, 6) is -1.41. The molecule has 1 aliphatic heterocycles. The second-order valence-electron chi connectivity index (χ2n) is 11.3. The number of fused-ring (bicyclic) bond motifs is 1. The molecular weight excluding hydrogens is 408 g/mol. The maximum absolute atomic E-state index is 13.5. The van der Waals surface area contributed by atoms with Gasteiger partial charge in [-0.2, -0.15) is 0 Å². The van der Waals surface area contributed by atoms with Gasteiger partial charge in [-0.25, -0.2) is 0 Å². The van der Waals surface area contributed by atoms with Crippen LogP contribution in [0.1, 0.15) is 53.9 Å². The van der Waals surface area contributed by atoms with Crippen molar-refractivity contribution in [2.75, 3.05) is 13.1 Å². The molecule has 3 aliphatic rings. The van der Waals surface area contributed by atoms with E-state index in [1.165, 1.54) is 6.08 Å². The molecule has 0 spiro atoms. The number of rotatable bonds is 9. The highest BCUT2D eigenvalue weighted by Crippen LogP contribution is 2.65. The van der Waals surface area contributed by atoms with Crippen LogP contribution in [0, 0.1) is 28.6 Å². The van der Waals surface area contributed by atoms with Crippen LogP contribution >= 0.6 is 0 Å². The van der Waals surface area contributed by atoms with Gasteiger partial charge in [0.25, 0.3) is 5.91 Å². The molecule has 0 radical (unpaired) electrons. The number of hydrogen-bond acceptors (Lipinski definition) is 5. The molecule has 1 heterocycles. The quantitative estimate of drug-likeness (QED) is 0.360. The Labute approximate surface area is 190 Å². The summed E-state index contributed by atoms with van der Waals surface area (Å²) in [5.41, 5.74) is 5.75. The van der Waals surface area contributed by atoms with Gasteiger partial charge in [0, 0.05) is 13.1 Å². The third kappa shape index (κ3) is 4.75. The second-order valence-corrected chi connectivity index (χ2v) is 11.3. The minimum atomic E-state index is -0.894. The smallest absolute Gasteiger partial charge is 0.289 e. The van der Waals surface area contributed by atoms with Crippen molar-refractivity contribution in [2.24, 2.45) is 34.3 Å². The molecule has 5 unspecified atom stereocenters. The number of hydrogen-bond donors (Lipinski definition) is 3. The van der Waals surface area contributed by atoms with Gasteiger partial charge in [-0.15, -0.1) is 6.58 Å². The molecule has 3 amide bonds. The highest BCUT2D eigenvalue weighted by molar-refractivity contribution is 6.38. The molecule has 0 aromatic heterocycles. The standard InChI is InChI=1S/C24H38N4O4/c1-7-10-26-21(31)18(29)15(11-13-8-9-13)27-20(30)17-16-14(24(16,5)6)12-28(17)22(32)19(25)23(2,3)4/h7,13-17,19H,1,8-12,25H2,2-6H3,(H,26,31)(H,27,30). The highest BCUT2D eigenvalue weighted by Gasteiger charge is 2.69. The molecule has 8 heteroatoms. The van der Waals surface area contributed by atoms with Gasteiger partial charge in [-0.1, -0.05) is 53.5 Å². The predicted octanol–water partition coefficient (Wildman–Crippen LogP) is 0.999. The minimum Gasteiger partial charge on any atom is -0.346 e. The van der Waals surface area contributed by atoms with Crippen molar-refractivity contribution in [3.05, 3.63) is 12.7 Å². The lowest BCUT2D eigenvalue weighted by molar-refractivity contribution is -0.145. The van der Waals surface area contributed by atoms with Gasteiger partial charge in [0.15, 0.2) is 0 Å². The summed E-state index contributed by atoms with van der Waals surface area (Å²) in [6, 6.07) is -2.30. The Morgan fingerprint density at radius 1 is 1.22 bits per heavy atom. The number of piperidine rings is 1. The van der Waals surface area contributed by atoms with Crippen molar-refractivity contribution >= 4 is 23.5 Å². The van der Waals surface area contributed by atoms with Gasteiger partial charge in [-0.3, -0.25) is 19.2 Å². The summed E-state index contributed by atoms with van der Waals surface area (Å²) in [4.78, 5) is 53.3. The van der Waals surface area contributed by atoms with Crippen molar-refractivity contribution in [2.45, 2.75) is 72.0 Å². The van der Waals surface area contributed by atoms with Crippen LogP contribution in [0.3, 0.4) is 0 Å². The largest absolute Gasteiger partial charge is 0.346 e. The zero-order chi connectivity index (χ0) is 24.0. The second kappa shape index (κ2) is 8.61.